The van der Waals surface area contributed by atoms with Crippen LogP contribution in [0.5, 0.6) is 0 Å². The third kappa shape index (κ3) is 2.95. The molecular formula is C12H13N3O4S. The van der Waals surface area contributed by atoms with Crippen LogP contribution in [0.25, 0.3) is 0 Å². The second-order valence-electron chi connectivity index (χ2n) is 4.63. The Bertz CT molecular complexity index is 666. The van der Waals surface area contributed by atoms with E-state index in [1.807, 2.05) is 0 Å². The summed E-state index contributed by atoms with van der Waals surface area (Å²) < 4.78 is 26.8. The number of nitrogens with zero attached hydrogens (tertiary/aromatic N) is 2. The van der Waals surface area contributed by atoms with Crippen LogP contribution in [0.4, 0.5) is 0 Å². The number of sulfonamides is 1. The Kier molecular flexibility index (Phi) is 4.01. The SMILES string of the molecule is N#Cc1ncccc1S(=O)(=O)NC1CCC(C(=O)O)C1. The molecule has 2 N–H and O–H groups in total. The number of aliphatic carboxylic acids is 1. The van der Waals surface area contributed by atoms with Gasteiger partial charge in [-0.05, 0) is 31.4 Å². The molecule has 1 saturated carbocycles. The standard InChI is InChI=1S/C12H13N3O4S/c13-7-10-11(2-1-5-14-10)20(18,19)15-9-4-3-8(6-9)12(16)17/h1-2,5,8-9,15H,3-4,6H2,(H,16,17). The minimum Gasteiger partial charge on any atom is -0.481 e. The van der Waals surface area contributed by atoms with Gasteiger partial charge in [-0.2, -0.15) is 5.26 Å². The van der Waals surface area contributed by atoms with Gasteiger partial charge in [-0.25, -0.2) is 18.1 Å². The molecule has 0 spiro atoms. The molecule has 1 aromatic rings. The highest BCUT2D eigenvalue weighted by Gasteiger charge is 2.33. The summed E-state index contributed by atoms with van der Waals surface area (Å²) in [5, 5.41) is 17.8. The number of hydrogen-bond donors (Lipinski definition) is 2. The summed E-state index contributed by atoms with van der Waals surface area (Å²) in [6, 6.07) is 4.04. The normalized spacial score (nSPS) is 22.4. The largest absolute Gasteiger partial charge is 0.481 e. The summed E-state index contributed by atoms with van der Waals surface area (Å²) in [6.07, 6.45) is 2.52. The lowest BCUT2D eigenvalue weighted by molar-refractivity contribution is -0.141. The van der Waals surface area contributed by atoms with Crippen molar-refractivity contribution in [3.05, 3.63) is 24.0 Å². The van der Waals surface area contributed by atoms with Gasteiger partial charge in [0, 0.05) is 12.2 Å². The summed E-state index contributed by atoms with van der Waals surface area (Å²) >= 11 is 0. The number of nitriles is 1. The number of aromatic nitrogens is 1. The third-order valence-corrected chi connectivity index (χ3v) is 4.82. The number of carbonyl (C=O) groups is 1. The van der Waals surface area contributed by atoms with Crippen molar-refractivity contribution in [1.29, 1.82) is 5.26 Å². The third-order valence-electron chi connectivity index (χ3n) is 3.27. The number of rotatable bonds is 4. The lowest BCUT2D eigenvalue weighted by Gasteiger charge is -2.13. The van der Waals surface area contributed by atoms with E-state index in [-0.39, 0.29) is 17.0 Å². The highest BCUT2D eigenvalue weighted by atomic mass is 32.2. The fourth-order valence-corrected chi connectivity index (χ4v) is 3.68. The van der Waals surface area contributed by atoms with Crippen LogP contribution in [-0.2, 0) is 14.8 Å². The fourth-order valence-electron chi connectivity index (χ4n) is 2.29. The van der Waals surface area contributed by atoms with Crippen LogP contribution in [0, 0.1) is 17.2 Å². The van der Waals surface area contributed by atoms with Crippen LogP contribution < -0.4 is 4.72 Å². The maximum Gasteiger partial charge on any atom is 0.306 e. The zero-order valence-electron chi connectivity index (χ0n) is 10.5. The Morgan fingerprint density at radius 2 is 2.25 bits per heavy atom. The Hall–Kier alpha value is -1.98. The molecule has 1 aliphatic carbocycles. The molecule has 106 valence electrons. The predicted octanol–water partition coefficient (Wildman–Crippen LogP) is 0.485. The van der Waals surface area contributed by atoms with Gasteiger partial charge in [0.25, 0.3) is 0 Å². The Morgan fingerprint density at radius 3 is 2.85 bits per heavy atom. The molecule has 0 aromatic carbocycles. The van der Waals surface area contributed by atoms with E-state index in [1.165, 1.54) is 18.3 Å². The van der Waals surface area contributed by atoms with Crippen molar-refractivity contribution in [1.82, 2.24) is 9.71 Å². The van der Waals surface area contributed by atoms with E-state index in [0.29, 0.717) is 12.8 Å². The molecule has 0 saturated heterocycles. The molecule has 1 heterocycles. The molecule has 2 unspecified atom stereocenters. The lowest BCUT2D eigenvalue weighted by atomic mass is 10.1. The molecule has 1 aromatic heterocycles. The first-order valence-electron chi connectivity index (χ1n) is 6.04. The summed E-state index contributed by atoms with van der Waals surface area (Å²) in [5.41, 5.74) is -0.173. The first kappa shape index (κ1) is 14.4. The number of carboxylic acid groups (broad SMARTS) is 1. The molecule has 2 rings (SSSR count). The molecule has 7 nitrogen and oxygen atoms in total. The molecular weight excluding hydrogens is 282 g/mol. The van der Waals surface area contributed by atoms with Crippen LogP contribution in [0.3, 0.4) is 0 Å². The summed E-state index contributed by atoms with van der Waals surface area (Å²) in [4.78, 5) is 14.4. The van der Waals surface area contributed by atoms with Crippen LogP contribution in [-0.4, -0.2) is 30.5 Å². The minimum absolute atomic E-state index is 0.173. The van der Waals surface area contributed by atoms with Crippen molar-refractivity contribution < 1.29 is 18.3 Å². The van der Waals surface area contributed by atoms with E-state index in [1.54, 1.807) is 6.07 Å². The fraction of sp³-hybridized carbons (Fsp3) is 0.417. The number of hydrogen-bond acceptors (Lipinski definition) is 5. The van der Waals surface area contributed by atoms with Crippen molar-refractivity contribution in [3.8, 4) is 6.07 Å². The molecule has 0 amide bonds. The van der Waals surface area contributed by atoms with E-state index >= 15 is 0 Å². The number of pyridine rings is 1. The molecule has 2 atom stereocenters. The van der Waals surface area contributed by atoms with Gasteiger partial charge in [-0.1, -0.05) is 0 Å². The van der Waals surface area contributed by atoms with Crippen LogP contribution in [0.2, 0.25) is 0 Å². The topological polar surface area (TPSA) is 120 Å². The molecule has 20 heavy (non-hydrogen) atoms. The van der Waals surface area contributed by atoms with Gasteiger partial charge in [0.05, 0.1) is 5.92 Å². The van der Waals surface area contributed by atoms with Gasteiger partial charge in [-0.15, -0.1) is 0 Å². The van der Waals surface area contributed by atoms with Crippen molar-refractivity contribution in [2.45, 2.75) is 30.2 Å². The van der Waals surface area contributed by atoms with E-state index in [2.05, 4.69) is 9.71 Å². The highest BCUT2D eigenvalue weighted by Crippen LogP contribution is 2.27. The quantitative estimate of drug-likeness (QED) is 0.833. The molecule has 0 bridgehead atoms. The zero-order chi connectivity index (χ0) is 14.8. The van der Waals surface area contributed by atoms with Gasteiger partial charge in [0.15, 0.2) is 5.69 Å². The minimum atomic E-state index is -3.86. The number of nitrogens with one attached hydrogen (secondary N) is 1. The Morgan fingerprint density at radius 1 is 1.50 bits per heavy atom. The van der Waals surface area contributed by atoms with Gasteiger partial charge in [0.1, 0.15) is 11.0 Å². The molecule has 0 radical (unpaired) electrons. The number of carboxylic acids is 1. The highest BCUT2D eigenvalue weighted by molar-refractivity contribution is 7.89. The van der Waals surface area contributed by atoms with E-state index < -0.39 is 28.0 Å². The summed E-state index contributed by atoms with van der Waals surface area (Å²) in [5.74, 6) is -1.43. The smallest absolute Gasteiger partial charge is 0.306 e. The van der Waals surface area contributed by atoms with E-state index in [0.717, 1.165) is 0 Å². The van der Waals surface area contributed by atoms with Gasteiger partial charge in [0.2, 0.25) is 10.0 Å². The van der Waals surface area contributed by atoms with E-state index in [4.69, 9.17) is 10.4 Å². The molecule has 1 fully saturated rings. The van der Waals surface area contributed by atoms with Crippen LogP contribution >= 0.6 is 0 Å². The maximum atomic E-state index is 12.2. The van der Waals surface area contributed by atoms with Crippen LogP contribution in [0.15, 0.2) is 23.2 Å². The second kappa shape index (κ2) is 5.56. The molecule has 0 aliphatic heterocycles. The maximum absolute atomic E-state index is 12.2. The molecule has 1 aliphatic rings. The van der Waals surface area contributed by atoms with Gasteiger partial charge < -0.3 is 5.11 Å². The predicted molar refractivity (Wildman–Crippen MR) is 68.0 cm³/mol. The average molecular weight is 295 g/mol. The van der Waals surface area contributed by atoms with Crippen LogP contribution in [0.1, 0.15) is 25.0 Å². The molecule has 8 heteroatoms. The van der Waals surface area contributed by atoms with Gasteiger partial charge in [-0.3, -0.25) is 4.79 Å². The monoisotopic (exact) mass is 295 g/mol. The zero-order valence-corrected chi connectivity index (χ0v) is 11.3. The Balaban J connectivity index is 2.17. The second-order valence-corrected chi connectivity index (χ2v) is 6.31. The Labute approximate surface area is 116 Å². The van der Waals surface area contributed by atoms with Crippen molar-refractivity contribution in [2.75, 3.05) is 0 Å². The summed E-state index contributed by atoms with van der Waals surface area (Å²) in [6.45, 7) is 0. The first-order valence-corrected chi connectivity index (χ1v) is 7.52. The van der Waals surface area contributed by atoms with Crippen molar-refractivity contribution in [3.63, 3.8) is 0 Å². The first-order chi connectivity index (χ1) is 9.44. The van der Waals surface area contributed by atoms with Crippen molar-refractivity contribution >= 4 is 16.0 Å². The van der Waals surface area contributed by atoms with Gasteiger partial charge >= 0.3 is 5.97 Å². The van der Waals surface area contributed by atoms with Crippen molar-refractivity contribution in [2.24, 2.45) is 5.92 Å². The summed E-state index contributed by atoms with van der Waals surface area (Å²) in [7, 11) is -3.86. The average Bonchev–Trinajstić information content (AvgIpc) is 2.86. The lowest BCUT2D eigenvalue weighted by Crippen LogP contribution is -2.34. The van der Waals surface area contributed by atoms with E-state index in [9.17, 15) is 13.2 Å².